The highest BCUT2D eigenvalue weighted by molar-refractivity contribution is 5.69. The van der Waals surface area contributed by atoms with Crippen molar-refractivity contribution in [1.82, 2.24) is 0 Å². The van der Waals surface area contributed by atoms with Crippen LogP contribution < -0.4 is 0 Å². The molecule has 150 valence electrons. The van der Waals surface area contributed by atoms with E-state index in [1.807, 2.05) is 0 Å². The van der Waals surface area contributed by atoms with Crippen molar-refractivity contribution in [2.24, 2.45) is 5.92 Å². The standard InChI is InChI=1S/C21H42O4/c1-4-21(23,24)25-20(22)18-16-14-12-10-8-6-5-7-9-11-13-15-17-19(2)3/h19,23-24H,4-18H2,1-3H3. The second-order valence-electron chi connectivity index (χ2n) is 7.75. The predicted octanol–water partition coefficient (Wildman–Crippen LogP) is 5.70. The summed E-state index contributed by atoms with van der Waals surface area (Å²) in [5.74, 6) is -1.98. The van der Waals surface area contributed by atoms with Crippen LogP contribution in [0.15, 0.2) is 0 Å². The number of aliphatic hydroxyl groups is 2. The van der Waals surface area contributed by atoms with Gasteiger partial charge in [-0.3, -0.25) is 4.79 Å². The Labute approximate surface area is 155 Å². The van der Waals surface area contributed by atoms with Gasteiger partial charge in [-0.05, 0) is 12.3 Å². The van der Waals surface area contributed by atoms with Crippen molar-refractivity contribution >= 4 is 5.97 Å². The lowest BCUT2D eigenvalue weighted by Crippen LogP contribution is -2.33. The topological polar surface area (TPSA) is 66.8 Å². The maximum Gasteiger partial charge on any atom is 0.323 e. The van der Waals surface area contributed by atoms with Crippen molar-refractivity contribution in [3.8, 4) is 0 Å². The van der Waals surface area contributed by atoms with E-state index in [0.717, 1.165) is 25.2 Å². The molecule has 0 aromatic heterocycles. The third kappa shape index (κ3) is 18.0. The normalized spacial score (nSPS) is 11.9. The molecule has 0 amide bonds. The molecule has 0 bridgehead atoms. The van der Waals surface area contributed by atoms with Crippen LogP contribution in [0.5, 0.6) is 0 Å². The number of rotatable bonds is 17. The van der Waals surface area contributed by atoms with Gasteiger partial charge in [0.1, 0.15) is 0 Å². The van der Waals surface area contributed by atoms with Crippen LogP contribution in [0.25, 0.3) is 0 Å². The summed E-state index contributed by atoms with van der Waals surface area (Å²) < 4.78 is 4.58. The van der Waals surface area contributed by atoms with Crippen LogP contribution in [0, 0.1) is 5.92 Å². The number of hydrogen-bond acceptors (Lipinski definition) is 4. The molecule has 0 aromatic rings. The maximum atomic E-state index is 11.4. The van der Waals surface area contributed by atoms with Crippen LogP contribution in [0.4, 0.5) is 0 Å². The zero-order valence-electron chi connectivity index (χ0n) is 16.9. The van der Waals surface area contributed by atoms with Crippen LogP contribution in [0.3, 0.4) is 0 Å². The first-order valence-electron chi connectivity index (χ1n) is 10.5. The Morgan fingerprint density at radius 1 is 0.800 bits per heavy atom. The smallest absolute Gasteiger partial charge is 0.323 e. The van der Waals surface area contributed by atoms with Gasteiger partial charge in [-0.1, -0.05) is 97.8 Å². The third-order valence-electron chi connectivity index (χ3n) is 4.65. The number of ether oxygens (including phenoxy) is 1. The van der Waals surface area contributed by atoms with Gasteiger partial charge in [0.15, 0.2) is 0 Å². The van der Waals surface area contributed by atoms with Crippen molar-refractivity contribution in [3.63, 3.8) is 0 Å². The van der Waals surface area contributed by atoms with E-state index in [2.05, 4.69) is 18.6 Å². The lowest BCUT2D eigenvalue weighted by Gasteiger charge is -2.19. The Balaban J connectivity index is 3.23. The average molecular weight is 359 g/mol. The van der Waals surface area contributed by atoms with Gasteiger partial charge in [0.25, 0.3) is 0 Å². The van der Waals surface area contributed by atoms with Gasteiger partial charge in [0.05, 0.1) is 0 Å². The van der Waals surface area contributed by atoms with E-state index in [-0.39, 0.29) is 12.8 Å². The highest BCUT2D eigenvalue weighted by Gasteiger charge is 2.25. The van der Waals surface area contributed by atoms with Gasteiger partial charge >= 0.3 is 11.9 Å². The lowest BCUT2D eigenvalue weighted by molar-refractivity contribution is -0.319. The first-order chi connectivity index (χ1) is 11.9. The van der Waals surface area contributed by atoms with E-state index in [1.165, 1.54) is 64.2 Å². The van der Waals surface area contributed by atoms with Gasteiger partial charge in [-0.25, -0.2) is 0 Å². The molecular weight excluding hydrogens is 316 g/mol. The van der Waals surface area contributed by atoms with E-state index in [0.29, 0.717) is 0 Å². The fourth-order valence-corrected chi connectivity index (χ4v) is 2.90. The Kier molecular flexibility index (Phi) is 15.2. The first-order valence-corrected chi connectivity index (χ1v) is 10.5. The molecule has 0 aromatic carbocycles. The number of unbranched alkanes of at least 4 members (excludes halogenated alkanes) is 11. The van der Waals surface area contributed by atoms with Gasteiger partial charge in [0, 0.05) is 12.8 Å². The van der Waals surface area contributed by atoms with Crippen molar-refractivity contribution in [3.05, 3.63) is 0 Å². The first kappa shape index (κ1) is 24.4. The molecule has 0 atom stereocenters. The number of carbonyl (C=O) groups is 1. The molecule has 0 heterocycles. The summed E-state index contributed by atoms with van der Waals surface area (Å²) in [5, 5.41) is 18.5. The van der Waals surface area contributed by atoms with Crippen LogP contribution >= 0.6 is 0 Å². The van der Waals surface area contributed by atoms with Crippen LogP contribution in [-0.2, 0) is 9.53 Å². The summed E-state index contributed by atoms with van der Waals surface area (Å²) >= 11 is 0. The minimum Gasteiger partial charge on any atom is -0.408 e. The summed E-state index contributed by atoms with van der Waals surface area (Å²) in [4.78, 5) is 11.4. The fraction of sp³-hybridized carbons (Fsp3) is 0.952. The summed E-state index contributed by atoms with van der Waals surface area (Å²) in [5.41, 5.74) is 0. The van der Waals surface area contributed by atoms with Crippen molar-refractivity contribution in [2.45, 2.75) is 123 Å². The molecule has 0 aliphatic heterocycles. The molecule has 25 heavy (non-hydrogen) atoms. The van der Waals surface area contributed by atoms with Crippen LogP contribution in [0.1, 0.15) is 117 Å². The largest absolute Gasteiger partial charge is 0.408 e. The lowest BCUT2D eigenvalue weighted by atomic mass is 10.0. The van der Waals surface area contributed by atoms with Gasteiger partial charge in [-0.15, -0.1) is 0 Å². The van der Waals surface area contributed by atoms with Crippen molar-refractivity contribution in [2.75, 3.05) is 0 Å². The number of carbonyl (C=O) groups excluding carboxylic acids is 1. The minimum atomic E-state index is -2.30. The van der Waals surface area contributed by atoms with E-state index >= 15 is 0 Å². The van der Waals surface area contributed by atoms with E-state index in [1.54, 1.807) is 6.92 Å². The van der Waals surface area contributed by atoms with Crippen LogP contribution in [0.2, 0.25) is 0 Å². The average Bonchev–Trinajstić information content (AvgIpc) is 2.54. The van der Waals surface area contributed by atoms with E-state index in [9.17, 15) is 15.0 Å². The zero-order chi connectivity index (χ0) is 19.0. The molecule has 0 saturated carbocycles. The SMILES string of the molecule is CCC(O)(O)OC(=O)CCCCCCCCCCCCCCC(C)C. The summed E-state index contributed by atoms with van der Waals surface area (Å²) in [7, 11) is 0. The van der Waals surface area contributed by atoms with Crippen molar-refractivity contribution < 1.29 is 19.7 Å². The molecule has 0 rings (SSSR count). The molecule has 2 N–H and O–H groups in total. The molecule has 4 heteroatoms. The minimum absolute atomic E-state index is 0.0172. The number of esters is 1. The second-order valence-corrected chi connectivity index (χ2v) is 7.75. The van der Waals surface area contributed by atoms with Gasteiger partial charge in [0.2, 0.25) is 0 Å². The highest BCUT2D eigenvalue weighted by Crippen LogP contribution is 2.15. The number of hydrogen-bond donors (Lipinski definition) is 2. The quantitative estimate of drug-likeness (QED) is 0.199. The zero-order valence-corrected chi connectivity index (χ0v) is 16.9. The molecule has 0 aliphatic carbocycles. The Bertz CT molecular complexity index is 313. The molecule has 0 saturated heterocycles. The fourth-order valence-electron chi connectivity index (χ4n) is 2.90. The molecule has 0 fully saturated rings. The van der Waals surface area contributed by atoms with Crippen molar-refractivity contribution in [1.29, 1.82) is 0 Å². The third-order valence-corrected chi connectivity index (χ3v) is 4.65. The summed E-state index contributed by atoms with van der Waals surface area (Å²) in [6.45, 7) is 6.15. The molecule has 0 radical (unpaired) electrons. The molecule has 0 unspecified atom stereocenters. The molecule has 0 aliphatic rings. The van der Waals surface area contributed by atoms with Gasteiger partial charge in [-0.2, -0.15) is 0 Å². The summed E-state index contributed by atoms with van der Waals surface area (Å²) in [6, 6.07) is 0. The molecule has 0 spiro atoms. The monoisotopic (exact) mass is 358 g/mol. The Hall–Kier alpha value is -0.610. The Morgan fingerprint density at radius 3 is 1.60 bits per heavy atom. The van der Waals surface area contributed by atoms with Crippen LogP contribution in [-0.4, -0.2) is 22.2 Å². The van der Waals surface area contributed by atoms with Gasteiger partial charge < -0.3 is 14.9 Å². The van der Waals surface area contributed by atoms with E-state index < -0.39 is 11.9 Å². The highest BCUT2D eigenvalue weighted by atomic mass is 16.8. The summed E-state index contributed by atoms with van der Waals surface area (Å²) in [6.07, 6.45) is 16.6. The van der Waals surface area contributed by atoms with E-state index in [4.69, 9.17) is 0 Å². The molecule has 4 nitrogen and oxygen atoms in total. The Morgan fingerprint density at radius 2 is 1.20 bits per heavy atom. The second kappa shape index (κ2) is 15.6. The maximum absolute atomic E-state index is 11.4. The molecular formula is C21H42O4. The predicted molar refractivity (Wildman–Crippen MR) is 103 cm³/mol.